The van der Waals surface area contributed by atoms with Crippen molar-refractivity contribution >= 4 is 21.8 Å². The maximum absolute atomic E-state index is 8.65. The van der Waals surface area contributed by atoms with E-state index in [2.05, 4.69) is 31.2 Å². The number of nitrogens with two attached hydrogens (primary N) is 1. The van der Waals surface area contributed by atoms with Crippen LogP contribution in [0.25, 0.3) is 0 Å². The van der Waals surface area contributed by atoms with Crippen molar-refractivity contribution in [3.05, 3.63) is 45.4 Å². The number of aryl methyl sites for hydroxylation is 1. The van der Waals surface area contributed by atoms with Crippen molar-refractivity contribution in [2.45, 2.75) is 20.4 Å². The summed E-state index contributed by atoms with van der Waals surface area (Å²) in [4.78, 5) is 4.04. The molecule has 0 fully saturated rings. The van der Waals surface area contributed by atoms with E-state index in [-0.39, 0.29) is 5.84 Å². The third-order valence-corrected chi connectivity index (χ3v) is 3.97. The predicted octanol–water partition coefficient (Wildman–Crippen LogP) is 1.80. The molecule has 2 aromatic heterocycles. The number of pyridine rings is 1. The van der Waals surface area contributed by atoms with Gasteiger partial charge in [0.15, 0.2) is 5.84 Å². The Balaban J connectivity index is 2.31. The van der Waals surface area contributed by atoms with Gasteiger partial charge in [0.1, 0.15) is 5.69 Å². The number of oxime groups is 1. The minimum atomic E-state index is -0.00333. The first-order valence-electron chi connectivity index (χ1n) is 5.65. The Labute approximate surface area is 119 Å². The molecule has 0 bridgehead atoms. The summed E-state index contributed by atoms with van der Waals surface area (Å²) in [5, 5.41) is 16.0. The van der Waals surface area contributed by atoms with Crippen molar-refractivity contribution in [3.8, 4) is 0 Å². The molecular weight excluding hydrogens is 310 g/mol. The van der Waals surface area contributed by atoms with Gasteiger partial charge in [-0.25, -0.2) is 0 Å². The molecule has 0 saturated carbocycles. The zero-order chi connectivity index (χ0) is 14.0. The summed E-state index contributed by atoms with van der Waals surface area (Å²) in [5.41, 5.74) is 8.95. The van der Waals surface area contributed by atoms with Crippen LogP contribution in [0.3, 0.4) is 0 Å². The molecule has 19 heavy (non-hydrogen) atoms. The van der Waals surface area contributed by atoms with Crippen LogP contribution in [0.1, 0.15) is 22.6 Å². The molecule has 6 nitrogen and oxygen atoms in total. The lowest BCUT2D eigenvalue weighted by molar-refractivity contribution is 0.318. The number of nitrogens with zero attached hydrogens (tertiary/aromatic N) is 4. The zero-order valence-corrected chi connectivity index (χ0v) is 12.2. The molecular formula is C12H14BrN5O. The van der Waals surface area contributed by atoms with E-state index in [0.717, 1.165) is 21.4 Å². The van der Waals surface area contributed by atoms with Crippen molar-refractivity contribution in [2.75, 3.05) is 0 Å². The van der Waals surface area contributed by atoms with Crippen LogP contribution in [0.2, 0.25) is 0 Å². The first-order chi connectivity index (χ1) is 9.02. The average Bonchev–Trinajstić information content (AvgIpc) is 2.66. The van der Waals surface area contributed by atoms with Crippen LogP contribution in [-0.4, -0.2) is 25.8 Å². The number of rotatable bonds is 3. The first kappa shape index (κ1) is 13.5. The minimum absolute atomic E-state index is 0.00333. The molecule has 0 atom stereocenters. The number of hydrogen-bond donors (Lipinski definition) is 2. The number of hydrogen-bond acceptors (Lipinski definition) is 4. The van der Waals surface area contributed by atoms with Crippen LogP contribution in [0, 0.1) is 13.8 Å². The van der Waals surface area contributed by atoms with E-state index in [9.17, 15) is 0 Å². The predicted molar refractivity (Wildman–Crippen MR) is 75.3 cm³/mol. The van der Waals surface area contributed by atoms with Crippen molar-refractivity contribution < 1.29 is 5.21 Å². The largest absolute Gasteiger partial charge is 0.409 e. The van der Waals surface area contributed by atoms with Crippen LogP contribution in [0.4, 0.5) is 0 Å². The quantitative estimate of drug-likeness (QED) is 0.390. The van der Waals surface area contributed by atoms with Gasteiger partial charge in [-0.3, -0.25) is 9.67 Å². The summed E-state index contributed by atoms with van der Waals surface area (Å²) in [7, 11) is 0. The maximum atomic E-state index is 8.65. The Hall–Kier alpha value is -1.89. The molecule has 0 unspecified atom stereocenters. The van der Waals surface area contributed by atoms with Gasteiger partial charge in [-0.2, -0.15) is 5.10 Å². The van der Waals surface area contributed by atoms with E-state index >= 15 is 0 Å². The zero-order valence-electron chi connectivity index (χ0n) is 10.6. The van der Waals surface area contributed by atoms with Crippen LogP contribution < -0.4 is 5.73 Å². The van der Waals surface area contributed by atoms with Gasteiger partial charge in [0.25, 0.3) is 0 Å². The molecule has 2 aromatic rings. The fourth-order valence-corrected chi connectivity index (χ4v) is 2.05. The average molecular weight is 324 g/mol. The van der Waals surface area contributed by atoms with Gasteiger partial charge in [-0.05, 0) is 47.5 Å². The van der Waals surface area contributed by atoms with Gasteiger partial charge >= 0.3 is 0 Å². The van der Waals surface area contributed by atoms with E-state index < -0.39 is 0 Å². The van der Waals surface area contributed by atoms with E-state index in [1.165, 1.54) is 0 Å². The van der Waals surface area contributed by atoms with E-state index in [0.29, 0.717) is 12.2 Å². The minimum Gasteiger partial charge on any atom is -0.409 e. The molecule has 0 aliphatic rings. The normalized spacial score (nSPS) is 11.8. The molecule has 3 N–H and O–H groups in total. The molecule has 100 valence electrons. The van der Waals surface area contributed by atoms with Crippen LogP contribution >= 0.6 is 15.9 Å². The van der Waals surface area contributed by atoms with E-state index in [1.807, 2.05) is 24.6 Å². The Kier molecular flexibility index (Phi) is 3.84. The molecule has 0 aliphatic carbocycles. The topological polar surface area (TPSA) is 89.3 Å². The van der Waals surface area contributed by atoms with Gasteiger partial charge in [0, 0.05) is 6.20 Å². The number of amidine groups is 1. The highest BCUT2D eigenvalue weighted by Gasteiger charge is 2.10. The lowest BCUT2D eigenvalue weighted by atomic mass is 10.2. The lowest BCUT2D eigenvalue weighted by Gasteiger charge is -2.06. The Morgan fingerprint density at radius 3 is 2.84 bits per heavy atom. The Bertz CT molecular complexity index is 635. The molecule has 0 radical (unpaired) electrons. The van der Waals surface area contributed by atoms with Crippen LogP contribution in [0.15, 0.2) is 28.0 Å². The Morgan fingerprint density at radius 1 is 1.53 bits per heavy atom. The third-order valence-electron chi connectivity index (χ3n) is 2.82. The second-order valence-corrected chi connectivity index (χ2v) is 4.97. The molecule has 7 heteroatoms. The van der Waals surface area contributed by atoms with E-state index in [4.69, 9.17) is 10.9 Å². The molecule has 0 aromatic carbocycles. The summed E-state index contributed by atoms with van der Waals surface area (Å²) in [5.74, 6) is -0.00333. The van der Waals surface area contributed by atoms with Crippen molar-refractivity contribution in [1.82, 2.24) is 14.8 Å². The number of halogens is 1. The van der Waals surface area contributed by atoms with Crippen molar-refractivity contribution in [3.63, 3.8) is 0 Å². The molecule has 2 rings (SSSR count). The van der Waals surface area contributed by atoms with Crippen molar-refractivity contribution in [1.29, 1.82) is 0 Å². The van der Waals surface area contributed by atoms with Crippen LogP contribution in [-0.2, 0) is 6.54 Å². The van der Waals surface area contributed by atoms with Crippen molar-refractivity contribution in [2.24, 2.45) is 10.9 Å². The van der Waals surface area contributed by atoms with Gasteiger partial charge in [-0.1, -0.05) is 5.16 Å². The lowest BCUT2D eigenvalue weighted by Crippen LogP contribution is -2.15. The standard InChI is InChI=1S/C12H14BrN5O/c1-7-11(13)8(2)18(16-7)6-9-3-4-15-10(5-9)12(14)17-19/h3-5,19H,6H2,1-2H3,(H2,14,17). The van der Waals surface area contributed by atoms with Crippen LogP contribution in [0.5, 0.6) is 0 Å². The molecule has 0 spiro atoms. The van der Waals surface area contributed by atoms with Gasteiger partial charge < -0.3 is 10.9 Å². The van der Waals surface area contributed by atoms with Gasteiger partial charge in [0.2, 0.25) is 0 Å². The summed E-state index contributed by atoms with van der Waals surface area (Å²) >= 11 is 3.49. The summed E-state index contributed by atoms with van der Waals surface area (Å²) < 4.78 is 2.91. The second-order valence-electron chi connectivity index (χ2n) is 4.18. The summed E-state index contributed by atoms with van der Waals surface area (Å²) in [6.07, 6.45) is 1.63. The fraction of sp³-hybridized carbons (Fsp3) is 0.250. The molecule has 2 heterocycles. The van der Waals surface area contributed by atoms with Gasteiger partial charge in [-0.15, -0.1) is 0 Å². The number of aromatic nitrogens is 3. The second kappa shape index (κ2) is 5.40. The molecule has 0 saturated heterocycles. The fourth-order valence-electron chi connectivity index (χ4n) is 1.77. The third kappa shape index (κ3) is 2.76. The summed E-state index contributed by atoms with van der Waals surface area (Å²) in [6.45, 7) is 4.55. The van der Waals surface area contributed by atoms with Gasteiger partial charge in [0.05, 0.1) is 22.4 Å². The smallest absolute Gasteiger partial charge is 0.188 e. The monoisotopic (exact) mass is 323 g/mol. The Morgan fingerprint density at radius 2 is 2.26 bits per heavy atom. The maximum Gasteiger partial charge on any atom is 0.188 e. The highest BCUT2D eigenvalue weighted by atomic mass is 79.9. The molecule has 0 aliphatic heterocycles. The highest BCUT2D eigenvalue weighted by Crippen LogP contribution is 2.20. The SMILES string of the molecule is Cc1nn(Cc2ccnc(C(N)=NO)c2)c(C)c1Br. The summed E-state index contributed by atoms with van der Waals surface area (Å²) in [6, 6.07) is 3.65. The first-order valence-corrected chi connectivity index (χ1v) is 6.44. The highest BCUT2D eigenvalue weighted by molar-refractivity contribution is 9.10. The molecule has 0 amide bonds. The van der Waals surface area contributed by atoms with E-state index in [1.54, 1.807) is 12.3 Å².